The molecule has 0 saturated heterocycles. The minimum absolute atomic E-state index is 0.127. The van der Waals surface area contributed by atoms with Crippen molar-refractivity contribution >= 4 is 23.8 Å². The first-order chi connectivity index (χ1) is 13.8. The van der Waals surface area contributed by atoms with Gasteiger partial charge in [0, 0.05) is 25.9 Å². The van der Waals surface area contributed by atoms with Gasteiger partial charge in [-0.25, -0.2) is 9.97 Å². The van der Waals surface area contributed by atoms with Crippen LogP contribution in [0.15, 0.2) is 24.7 Å². The number of nitriles is 1. The lowest BCUT2D eigenvalue weighted by molar-refractivity contribution is -0.129. The Morgan fingerprint density at radius 2 is 1.97 bits per heavy atom. The Labute approximate surface area is 170 Å². The molecule has 1 atom stereocenters. The second-order valence-corrected chi connectivity index (χ2v) is 7.06. The zero-order valence-electron chi connectivity index (χ0n) is 17.0. The summed E-state index contributed by atoms with van der Waals surface area (Å²) in [5, 5.41) is 14.6. The van der Waals surface area contributed by atoms with Crippen LogP contribution in [-0.2, 0) is 9.59 Å². The molecule has 2 amide bonds. The van der Waals surface area contributed by atoms with Crippen molar-refractivity contribution in [2.75, 3.05) is 24.7 Å². The van der Waals surface area contributed by atoms with Gasteiger partial charge in [-0.1, -0.05) is 19.8 Å². The average molecular weight is 395 g/mol. The summed E-state index contributed by atoms with van der Waals surface area (Å²) in [7, 11) is 3.32. The van der Waals surface area contributed by atoms with Gasteiger partial charge in [-0.3, -0.25) is 14.6 Å². The first kappa shape index (κ1) is 21.8. The molecule has 2 heterocycles. The molecule has 0 bridgehead atoms. The SMILES string of the molecule is CC(Nc1cc(-c2cnc(NC=O)cn2)cnc1C#N)C(=O)N(C)C.CC1CC1. The van der Waals surface area contributed by atoms with E-state index in [0.29, 0.717) is 29.2 Å². The molecule has 1 saturated carbocycles. The quantitative estimate of drug-likeness (QED) is 0.719. The van der Waals surface area contributed by atoms with Gasteiger partial charge in [0.2, 0.25) is 12.3 Å². The topological polar surface area (TPSA) is 124 Å². The third-order valence-electron chi connectivity index (χ3n) is 4.20. The minimum atomic E-state index is -0.524. The van der Waals surface area contributed by atoms with E-state index in [9.17, 15) is 14.9 Å². The molecule has 1 fully saturated rings. The Morgan fingerprint density at radius 3 is 2.45 bits per heavy atom. The molecule has 0 radical (unpaired) electrons. The summed E-state index contributed by atoms with van der Waals surface area (Å²) in [5.74, 6) is 1.28. The van der Waals surface area contributed by atoms with Crippen LogP contribution in [-0.4, -0.2) is 52.3 Å². The molecule has 29 heavy (non-hydrogen) atoms. The predicted molar refractivity (Wildman–Crippen MR) is 110 cm³/mol. The highest BCUT2D eigenvalue weighted by molar-refractivity contribution is 5.84. The summed E-state index contributed by atoms with van der Waals surface area (Å²) in [5.41, 5.74) is 1.74. The maximum Gasteiger partial charge on any atom is 0.244 e. The first-order valence-electron chi connectivity index (χ1n) is 9.26. The van der Waals surface area contributed by atoms with Crippen LogP contribution in [0.1, 0.15) is 32.4 Å². The molecule has 1 unspecified atom stereocenters. The fourth-order valence-corrected chi connectivity index (χ4v) is 2.26. The van der Waals surface area contributed by atoms with E-state index in [1.807, 2.05) is 6.07 Å². The first-order valence-corrected chi connectivity index (χ1v) is 9.26. The average Bonchev–Trinajstić information content (AvgIpc) is 3.50. The predicted octanol–water partition coefficient (Wildman–Crippen LogP) is 2.28. The molecule has 0 aliphatic heterocycles. The monoisotopic (exact) mass is 395 g/mol. The zero-order chi connectivity index (χ0) is 21.4. The molecular weight excluding hydrogens is 370 g/mol. The molecule has 2 N–H and O–H groups in total. The van der Waals surface area contributed by atoms with Crippen molar-refractivity contribution in [3.8, 4) is 17.3 Å². The second kappa shape index (κ2) is 10.1. The smallest absolute Gasteiger partial charge is 0.244 e. The fourth-order valence-electron chi connectivity index (χ4n) is 2.26. The lowest BCUT2D eigenvalue weighted by atomic mass is 10.1. The Bertz CT molecular complexity index is 887. The number of carbonyl (C=O) groups excluding carboxylic acids is 2. The minimum Gasteiger partial charge on any atom is -0.372 e. The number of aromatic nitrogens is 3. The molecule has 9 heteroatoms. The van der Waals surface area contributed by atoms with E-state index in [1.54, 1.807) is 27.1 Å². The van der Waals surface area contributed by atoms with Crippen molar-refractivity contribution < 1.29 is 9.59 Å². The van der Waals surface area contributed by atoms with E-state index >= 15 is 0 Å². The summed E-state index contributed by atoms with van der Waals surface area (Å²) < 4.78 is 0. The summed E-state index contributed by atoms with van der Waals surface area (Å²) in [6, 6.07) is 3.15. The van der Waals surface area contributed by atoms with Crippen LogP contribution in [0.5, 0.6) is 0 Å². The van der Waals surface area contributed by atoms with Crippen LogP contribution in [0.3, 0.4) is 0 Å². The number of hydrogen-bond donors (Lipinski definition) is 2. The number of hydrogen-bond acceptors (Lipinski definition) is 7. The second-order valence-electron chi connectivity index (χ2n) is 7.06. The van der Waals surface area contributed by atoms with Crippen LogP contribution < -0.4 is 10.6 Å². The number of amides is 2. The fraction of sp³-hybridized carbons (Fsp3) is 0.400. The van der Waals surface area contributed by atoms with Crippen molar-refractivity contribution in [3.05, 3.63) is 30.4 Å². The summed E-state index contributed by atoms with van der Waals surface area (Å²) in [6.07, 6.45) is 7.87. The highest BCUT2D eigenvalue weighted by atomic mass is 16.2. The summed E-state index contributed by atoms with van der Waals surface area (Å²) in [4.78, 5) is 36.2. The lowest BCUT2D eigenvalue weighted by Crippen LogP contribution is -2.36. The van der Waals surface area contributed by atoms with Crippen molar-refractivity contribution in [1.82, 2.24) is 19.9 Å². The van der Waals surface area contributed by atoms with Gasteiger partial charge in [-0.2, -0.15) is 5.26 Å². The van der Waals surface area contributed by atoms with Crippen LogP contribution in [0.25, 0.3) is 11.3 Å². The third kappa shape index (κ3) is 6.53. The van der Waals surface area contributed by atoms with Gasteiger partial charge in [-0.15, -0.1) is 0 Å². The van der Waals surface area contributed by atoms with Gasteiger partial charge in [-0.05, 0) is 18.9 Å². The molecule has 1 aliphatic carbocycles. The third-order valence-corrected chi connectivity index (χ3v) is 4.20. The maximum atomic E-state index is 12.0. The van der Waals surface area contributed by atoms with Crippen molar-refractivity contribution in [2.45, 2.75) is 32.7 Å². The van der Waals surface area contributed by atoms with E-state index < -0.39 is 6.04 Å². The molecular formula is C20H25N7O2. The number of pyridine rings is 1. The van der Waals surface area contributed by atoms with Crippen molar-refractivity contribution in [2.24, 2.45) is 5.92 Å². The number of nitrogens with one attached hydrogen (secondary N) is 2. The standard InChI is InChI=1S/C16H17N7O2.C4H8/c1-10(16(25)23(2)3)22-12-4-11(6-18-13(12)5-17)14-7-20-15(8-19-14)21-9-24;1-4-2-3-4/h4,6-10,22H,1-3H3,(H,20,21,24);4H,2-3H2,1H3. The lowest BCUT2D eigenvalue weighted by Gasteiger charge is -2.19. The van der Waals surface area contributed by atoms with E-state index in [-0.39, 0.29) is 11.6 Å². The van der Waals surface area contributed by atoms with Gasteiger partial charge in [0.1, 0.15) is 12.1 Å². The van der Waals surface area contributed by atoms with E-state index in [0.717, 1.165) is 5.92 Å². The van der Waals surface area contributed by atoms with Gasteiger partial charge < -0.3 is 15.5 Å². The van der Waals surface area contributed by atoms with Crippen LogP contribution in [0.4, 0.5) is 11.5 Å². The molecule has 0 spiro atoms. The Kier molecular flexibility index (Phi) is 7.60. The van der Waals surface area contributed by atoms with E-state index in [1.165, 1.54) is 36.3 Å². The molecule has 0 aromatic carbocycles. The number of nitrogens with zero attached hydrogens (tertiary/aromatic N) is 5. The van der Waals surface area contributed by atoms with Crippen LogP contribution >= 0.6 is 0 Å². The molecule has 2 aromatic rings. The molecule has 152 valence electrons. The number of likely N-dealkylation sites (N-methyl/N-ethyl adjacent to an activating group) is 1. The normalized spacial score (nSPS) is 13.2. The summed E-state index contributed by atoms with van der Waals surface area (Å²) >= 11 is 0. The Balaban J connectivity index is 0.000000666. The molecule has 1 aliphatic rings. The Hall–Kier alpha value is -3.54. The maximum absolute atomic E-state index is 12.0. The van der Waals surface area contributed by atoms with E-state index in [4.69, 9.17) is 0 Å². The van der Waals surface area contributed by atoms with Gasteiger partial charge in [0.15, 0.2) is 11.5 Å². The Morgan fingerprint density at radius 1 is 1.28 bits per heavy atom. The largest absolute Gasteiger partial charge is 0.372 e. The van der Waals surface area contributed by atoms with Gasteiger partial charge >= 0.3 is 0 Å². The van der Waals surface area contributed by atoms with Gasteiger partial charge in [0.25, 0.3) is 0 Å². The van der Waals surface area contributed by atoms with Crippen LogP contribution in [0, 0.1) is 17.2 Å². The number of rotatable bonds is 6. The van der Waals surface area contributed by atoms with Gasteiger partial charge in [0.05, 0.1) is 23.8 Å². The zero-order valence-corrected chi connectivity index (χ0v) is 17.0. The summed E-state index contributed by atoms with van der Waals surface area (Å²) in [6.45, 7) is 3.98. The van der Waals surface area contributed by atoms with Crippen molar-refractivity contribution in [3.63, 3.8) is 0 Å². The van der Waals surface area contributed by atoms with Crippen molar-refractivity contribution in [1.29, 1.82) is 5.26 Å². The molecule has 9 nitrogen and oxygen atoms in total. The highest BCUT2D eigenvalue weighted by Gasteiger charge is 2.17. The molecule has 2 aromatic heterocycles. The van der Waals surface area contributed by atoms with Crippen LogP contribution in [0.2, 0.25) is 0 Å². The van der Waals surface area contributed by atoms with E-state index in [2.05, 4.69) is 32.5 Å². The molecule has 3 rings (SSSR count). The highest BCUT2D eigenvalue weighted by Crippen LogP contribution is 2.26. The number of anilines is 2. The number of carbonyl (C=O) groups is 2.